The summed E-state index contributed by atoms with van der Waals surface area (Å²) in [6.45, 7) is 3.73. The number of hydrogen-bond acceptors (Lipinski definition) is 4. The summed E-state index contributed by atoms with van der Waals surface area (Å²) >= 11 is 0. The molecule has 5 nitrogen and oxygen atoms in total. The molecule has 0 saturated carbocycles. The summed E-state index contributed by atoms with van der Waals surface area (Å²) in [5.74, 6) is -1.22. The number of rotatable bonds is 6. The van der Waals surface area contributed by atoms with Crippen LogP contribution in [0.3, 0.4) is 0 Å². The number of benzene rings is 1. The highest BCUT2D eigenvalue weighted by atomic mass is 35.7. The highest BCUT2D eigenvalue weighted by Crippen LogP contribution is 2.28. The average Bonchev–Trinajstić information content (AvgIpc) is 2.28. The van der Waals surface area contributed by atoms with E-state index in [0.29, 0.717) is 6.42 Å². The van der Waals surface area contributed by atoms with Gasteiger partial charge in [0.15, 0.2) is 0 Å². The maximum atomic E-state index is 11.3. The van der Waals surface area contributed by atoms with Crippen LogP contribution < -0.4 is 4.74 Å². The summed E-state index contributed by atoms with van der Waals surface area (Å²) in [7, 11) is 1.16. The van der Waals surface area contributed by atoms with Crippen molar-refractivity contribution in [2.24, 2.45) is 0 Å². The van der Waals surface area contributed by atoms with Gasteiger partial charge in [-0.2, -0.15) is 0 Å². The summed E-state index contributed by atoms with van der Waals surface area (Å²) in [5.41, 5.74) is -0.176. The lowest BCUT2D eigenvalue weighted by Crippen LogP contribution is -2.04. The third kappa shape index (κ3) is 3.75. The third-order valence-corrected chi connectivity index (χ3v) is 3.38. The lowest BCUT2D eigenvalue weighted by molar-refractivity contribution is 0.0696. The van der Waals surface area contributed by atoms with Crippen LogP contribution in [0.1, 0.15) is 16.8 Å². The van der Waals surface area contributed by atoms with Crippen molar-refractivity contribution in [2.75, 3.05) is 6.61 Å². The van der Waals surface area contributed by atoms with Crippen LogP contribution >= 0.6 is 10.7 Å². The molecule has 0 atom stereocenters. The Hall–Kier alpha value is -1.53. The van der Waals surface area contributed by atoms with Gasteiger partial charge in [-0.1, -0.05) is 6.08 Å². The smallest absolute Gasteiger partial charge is 0.335 e. The van der Waals surface area contributed by atoms with E-state index in [1.54, 1.807) is 6.08 Å². The quantitative estimate of drug-likeness (QED) is 0.494. The molecular formula is C11H11ClO5S. The number of carboxylic acids is 1. The second-order valence-corrected chi connectivity index (χ2v) is 5.86. The first kappa shape index (κ1) is 14.5. The molecule has 0 fully saturated rings. The zero-order chi connectivity index (χ0) is 13.8. The van der Waals surface area contributed by atoms with Crippen LogP contribution in [0.25, 0.3) is 0 Å². The number of aromatic carboxylic acids is 1. The molecule has 0 radical (unpaired) electrons. The van der Waals surface area contributed by atoms with Crippen LogP contribution in [0, 0.1) is 0 Å². The molecule has 7 heteroatoms. The van der Waals surface area contributed by atoms with Gasteiger partial charge in [-0.15, -0.1) is 6.58 Å². The molecule has 0 unspecified atom stereocenters. The highest BCUT2D eigenvalue weighted by molar-refractivity contribution is 8.13. The fourth-order valence-electron chi connectivity index (χ4n) is 1.20. The minimum absolute atomic E-state index is 0.0249. The Morgan fingerprint density at radius 1 is 1.50 bits per heavy atom. The number of halogens is 1. The second-order valence-electron chi connectivity index (χ2n) is 3.33. The molecule has 1 rings (SSSR count). The lowest BCUT2D eigenvalue weighted by Gasteiger charge is -2.09. The van der Waals surface area contributed by atoms with Crippen LogP contribution in [0.4, 0.5) is 0 Å². The van der Waals surface area contributed by atoms with Crippen molar-refractivity contribution in [3.05, 3.63) is 36.4 Å². The Morgan fingerprint density at radius 3 is 2.67 bits per heavy atom. The summed E-state index contributed by atoms with van der Waals surface area (Å²) in [4.78, 5) is 10.4. The molecule has 18 heavy (non-hydrogen) atoms. The van der Waals surface area contributed by atoms with E-state index in [1.807, 2.05) is 0 Å². The van der Waals surface area contributed by atoms with Gasteiger partial charge in [0, 0.05) is 10.7 Å². The summed E-state index contributed by atoms with van der Waals surface area (Å²) < 4.78 is 27.9. The van der Waals surface area contributed by atoms with Gasteiger partial charge in [0.2, 0.25) is 0 Å². The third-order valence-electron chi connectivity index (χ3n) is 2.03. The SMILES string of the molecule is C=CCCOc1ccc(C(=O)O)cc1S(=O)(=O)Cl. The zero-order valence-electron chi connectivity index (χ0n) is 9.30. The van der Waals surface area contributed by atoms with Crippen LogP contribution in [0.15, 0.2) is 35.7 Å². The minimum atomic E-state index is -4.07. The Morgan fingerprint density at radius 2 is 2.17 bits per heavy atom. The molecule has 0 aromatic heterocycles. The van der Waals surface area contributed by atoms with Crippen molar-refractivity contribution in [1.82, 2.24) is 0 Å². The number of hydrogen-bond donors (Lipinski definition) is 1. The zero-order valence-corrected chi connectivity index (χ0v) is 10.9. The van der Waals surface area contributed by atoms with E-state index < -0.39 is 15.0 Å². The molecular weight excluding hydrogens is 280 g/mol. The van der Waals surface area contributed by atoms with Gasteiger partial charge in [0.25, 0.3) is 9.05 Å². The molecule has 0 aliphatic rings. The van der Waals surface area contributed by atoms with Crippen LogP contribution in [0.2, 0.25) is 0 Å². The maximum Gasteiger partial charge on any atom is 0.335 e. The lowest BCUT2D eigenvalue weighted by atomic mass is 10.2. The fourth-order valence-corrected chi connectivity index (χ4v) is 2.20. The first-order valence-corrected chi connectivity index (χ1v) is 7.23. The van der Waals surface area contributed by atoms with Crippen molar-refractivity contribution in [2.45, 2.75) is 11.3 Å². The summed E-state index contributed by atoms with van der Waals surface area (Å²) in [6, 6.07) is 3.48. The van der Waals surface area contributed by atoms with Gasteiger partial charge in [0.1, 0.15) is 10.6 Å². The summed E-state index contributed by atoms with van der Waals surface area (Å²) in [6.07, 6.45) is 2.14. The maximum absolute atomic E-state index is 11.3. The molecule has 1 aromatic rings. The normalized spacial score (nSPS) is 10.9. The standard InChI is InChI=1S/C11H11ClO5S/c1-2-3-6-17-9-5-4-8(11(13)14)7-10(9)18(12,15)16/h2,4-5,7H,1,3,6H2,(H,13,14). The predicted octanol–water partition coefficient (Wildman–Crippen LogP) is 2.27. The van der Waals surface area contributed by atoms with E-state index in [-0.39, 0.29) is 22.8 Å². The topological polar surface area (TPSA) is 80.7 Å². The molecule has 1 N–H and O–H groups in total. The molecule has 0 saturated heterocycles. The first-order chi connectivity index (χ1) is 8.36. The van der Waals surface area contributed by atoms with E-state index in [9.17, 15) is 13.2 Å². The number of carbonyl (C=O) groups is 1. The van der Waals surface area contributed by atoms with E-state index in [4.69, 9.17) is 20.5 Å². The molecule has 0 aliphatic carbocycles. The van der Waals surface area contributed by atoms with Gasteiger partial charge < -0.3 is 9.84 Å². The Bertz CT molecular complexity index is 565. The van der Waals surface area contributed by atoms with Gasteiger partial charge in [-0.3, -0.25) is 0 Å². The predicted molar refractivity (Wildman–Crippen MR) is 66.7 cm³/mol. The van der Waals surface area contributed by atoms with Gasteiger partial charge in [-0.25, -0.2) is 13.2 Å². The Balaban J connectivity index is 3.17. The van der Waals surface area contributed by atoms with Gasteiger partial charge in [0.05, 0.1) is 12.2 Å². The van der Waals surface area contributed by atoms with E-state index in [2.05, 4.69) is 6.58 Å². The molecule has 0 spiro atoms. The van der Waals surface area contributed by atoms with E-state index in [1.165, 1.54) is 12.1 Å². The minimum Gasteiger partial charge on any atom is -0.492 e. The average molecular weight is 291 g/mol. The van der Waals surface area contributed by atoms with Crippen molar-refractivity contribution < 1.29 is 23.1 Å². The van der Waals surface area contributed by atoms with Crippen LogP contribution in [0.5, 0.6) is 5.75 Å². The number of ether oxygens (including phenoxy) is 1. The summed E-state index contributed by atoms with van der Waals surface area (Å²) in [5, 5.41) is 8.79. The van der Waals surface area contributed by atoms with E-state index >= 15 is 0 Å². The second kappa shape index (κ2) is 5.88. The molecule has 1 aromatic carbocycles. The monoisotopic (exact) mass is 290 g/mol. The van der Waals surface area contributed by atoms with Gasteiger partial charge >= 0.3 is 5.97 Å². The molecule has 0 amide bonds. The Labute approximate surface area is 109 Å². The van der Waals surface area contributed by atoms with E-state index in [0.717, 1.165) is 6.07 Å². The van der Waals surface area contributed by atoms with Gasteiger partial charge in [-0.05, 0) is 24.6 Å². The largest absolute Gasteiger partial charge is 0.492 e. The highest BCUT2D eigenvalue weighted by Gasteiger charge is 2.19. The van der Waals surface area contributed by atoms with Crippen molar-refractivity contribution in [3.8, 4) is 5.75 Å². The molecule has 0 aliphatic heterocycles. The molecule has 0 bridgehead atoms. The van der Waals surface area contributed by atoms with Crippen molar-refractivity contribution in [1.29, 1.82) is 0 Å². The van der Waals surface area contributed by atoms with Crippen LogP contribution in [-0.4, -0.2) is 26.1 Å². The molecule has 98 valence electrons. The Kier molecular flexibility index (Phi) is 4.75. The molecule has 0 heterocycles. The number of carboxylic acid groups (broad SMARTS) is 1. The van der Waals surface area contributed by atoms with Crippen LogP contribution in [-0.2, 0) is 9.05 Å². The fraction of sp³-hybridized carbons (Fsp3) is 0.182. The van der Waals surface area contributed by atoms with Crippen molar-refractivity contribution in [3.63, 3.8) is 0 Å². The van der Waals surface area contributed by atoms with Crippen molar-refractivity contribution >= 4 is 25.7 Å². The first-order valence-electron chi connectivity index (χ1n) is 4.92.